The summed E-state index contributed by atoms with van der Waals surface area (Å²) in [5.41, 5.74) is 7.10. The van der Waals surface area contributed by atoms with Gasteiger partial charge in [-0.3, -0.25) is 9.88 Å². The van der Waals surface area contributed by atoms with Gasteiger partial charge in [-0.1, -0.05) is 11.2 Å². The van der Waals surface area contributed by atoms with Gasteiger partial charge >= 0.3 is 0 Å². The molecule has 1 aromatic heterocycles. The summed E-state index contributed by atoms with van der Waals surface area (Å²) in [5.74, 6) is 0.0434. The van der Waals surface area contributed by atoms with Crippen LogP contribution in [0.2, 0.25) is 0 Å². The Balaban J connectivity index is 1.92. The number of hydrogen-bond donors (Lipinski definition) is 3. The number of nitrogens with one attached hydrogen (secondary N) is 1. The maximum atomic E-state index is 8.80. The van der Waals surface area contributed by atoms with Crippen molar-refractivity contribution in [1.82, 2.24) is 20.1 Å². The molecular formula is C14H24N6O. The van der Waals surface area contributed by atoms with Crippen molar-refractivity contribution < 1.29 is 5.21 Å². The Hall–Kier alpha value is -1.70. The van der Waals surface area contributed by atoms with Gasteiger partial charge in [0, 0.05) is 45.0 Å². The molecule has 7 heteroatoms. The van der Waals surface area contributed by atoms with Crippen molar-refractivity contribution in [3.05, 3.63) is 29.6 Å². The number of likely N-dealkylation sites (N-methyl/N-ethyl adjacent to an activating group) is 2. The monoisotopic (exact) mass is 292 g/mol. The van der Waals surface area contributed by atoms with E-state index in [2.05, 4.69) is 39.4 Å². The zero-order valence-electron chi connectivity index (χ0n) is 12.7. The molecule has 0 aromatic carbocycles. The van der Waals surface area contributed by atoms with Gasteiger partial charge in [-0.05, 0) is 25.7 Å². The summed E-state index contributed by atoms with van der Waals surface area (Å²) in [7, 11) is 4.31. The van der Waals surface area contributed by atoms with Gasteiger partial charge in [0.2, 0.25) is 0 Å². The van der Waals surface area contributed by atoms with E-state index in [0.29, 0.717) is 18.3 Å². The molecule has 0 radical (unpaired) electrons. The molecular weight excluding hydrogens is 268 g/mol. The van der Waals surface area contributed by atoms with Gasteiger partial charge in [-0.2, -0.15) is 0 Å². The van der Waals surface area contributed by atoms with E-state index >= 15 is 0 Å². The zero-order valence-corrected chi connectivity index (χ0v) is 12.7. The minimum absolute atomic E-state index is 0.0434. The molecule has 21 heavy (non-hydrogen) atoms. The highest BCUT2D eigenvalue weighted by Gasteiger charge is 2.21. The molecule has 1 fully saturated rings. The third-order valence-corrected chi connectivity index (χ3v) is 3.92. The second-order valence-corrected chi connectivity index (χ2v) is 5.52. The Morgan fingerprint density at radius 2 is 2.33 bits per heavy atom. The summed E-state index contributed by atoms with van der Waals surface area (Å²) in [5, 5.41) is 15.3. The molecule has 1 unspecified atom stereocenters. The Morgan fingerprint density at radius 3 is 3.10 bits per heavy atom. The van der Waals surface area contributed by atoms with Gasteiger partial charge in [0.1, 0.15) is 5.69 Å². The number of nitrogens with zero attached hydrogens (tertiary/aromatic N) is 4. The Morgan fingerprint density at radius 1 is 1.52 bits per heavy atom. The molecule has 1 saturated heterocycles. The summed E-state index contributed by atoms with van der Waals surface area (Å²) >= 11 is 0. The van der Waals surface area contributed by atoms with Gasteiger partial charge in [0.05, 0.1) is 0 Å². The largest absolute Gasteiger partial charge is 0.409 e. The Bertz CT molecular complexity index is 492. The van der Waals surface area contributed by atoms with Crippen molar-refractivity contribution in [2.45, 2.75) is 12.6 Å². The lowest BCUT2D eigenvalue weighted by Crippen LogP contribution is -2.53. The number of oxime groups is 1. The van der Waals surface area contributed by atoms with Crippen LogP contribution >= 0.6 is 0 Å². The minimum atomic E-state index is 0.0434. The molecule has 0 saturated carbocycles. The third kappa shape index (κ3) is 4.13. The first kappa shape index (κ1) is 15.7. The van der Waals surface area contributed by atoms with E-state index in [-0.39, 0.29) is 5.84 Å². The Labute approximate surface area is 125 Å². The van der Waals surface area contributed by atoms with Crippen LogP contribution in [0, 0.1) is 0 Å². The summed E-state index contributed by atoms with van der Waals surface area (Å²) in [6.45, 7) is 4.80. The lowest BCUT2D eigenvalue weighted by Gasteiger charge is -2.37. The van der Waals surface area contributed by atoms with Crippen molar-refractivity contribution in [3.63, 3.8) is 0 Å². The van der Waals surface area contributed by atoms with E-state index in [9.17, 15) is 0 Å². The standard InChI is InChI=1S/C14H24N6O/c1-19-6-7-20(2)12(10-19)9-16-8-11-4-3-5-17-13(11)14(15)18-21/h3-5,12,16,21H,6-10H2,1-2H3,(H2,15,18). The molecule has 1 atom stereocenters. The lowest BCUT2D eigenvalue weighted by molar-refractivity contribution is 0.113. The summed E-state index contributed by atoms with van der Waals surface area (Å²) in [4.78, 5) is 8.89. The predicted octanol–water partition coefficient (Wildman–Crippen LogP) is -0.488. The highest BCUT2D eigenvalue weighted by atomic mass is 16.4. The molecule has 0 bridgehead atoms. The van der Waals surface area contributed by atoms with Gasteiger partial charge in [-0.25, -0.2) is 0 Å². The highest BCUT2D eigenvalue weighted by Crippen LogP contribution is 2.07. The van der Waals surface area contributed by atoms with E-state index in [1.54, 1.807) is 6.20 Å². The van der Waals surface area contributed by atoms with Gasteiger partial charge in [0.15, 0.2) is 5.84 Å². The summed E-state index contributed by atoms with van der Waals surface area (Å²) in [6.07, 6.45) is 1.64. The van der Waals surface area contributed by atoms with E-state index < -0.39 is 0 Å². The van der Waals surface area contributed by atoms with Gasteiger partial charge in [-0.15, -0.1) is 0 Å². The average Bonchev–Trinajstić information content (AvgIpc) is 2.50. The highest BCUT2D eigenvalue weighted by molar-refractivity contribution is 5.96. The lowest BCUT2D eigenvalue weighted by atomic mass is 10.1. The number of piperazine rings is 1. The van der Waals surface area contributed by atoms with Crippen molar-refractivity contribution in [2.75, 3.05) is 40.3 Å². The first-order chi connectivity index (χ1) is 10.1. The Kier molecular flexibility index (Phi) is 5.49. The fraction of sp³-hybridized carbons (Fsp3) is 0.571. The van der Waals surface area contributed by atoms with Crippen LogP contribution in [0.5, 0.6) is 0 Å². The van der Waals surface area contributed by atoms with Crippen molar-refractivity contribution in [2.24, 2.45) is 10.9 Å². The fourth-order valence-corrected chi connectivity index (χ4v) is 2.55. The van der Waals surface area contributed by atoms with Crippen LogP contribution < -0.4 is 11.1 Å². The SMILES string of the molecule is CN1CCN(C)C(CNCc2cccnc2C(N)=NO)C1. The first-order valence-corrected chi connectivity index (χ1v) is 7.13. The zero-order chi connectivity index (χ0) is 15.2. The second-order valence-electron chi connectivity index (χ2n) is 5.52. The molecule has 1 aliphatic heterocycles. The number of hydrogen-bond acceptors (Lipinski definition) is 6. The van der Waals surface area contributed by atoms with Gasteiger partial charge < -0.3 is 21.2 Å². The van der Waals surface area contributed by atoms with Gasteiger partial charge in [0.25, 0.3) is 0 Å². The molecule has 2 heterocycles. The van der Waals surface area contributed by atoms with E-state index in [1.165, 1.54) is 0 Å². The molecule has 2 rings (SSSR count). The van der Waals surface area contributed by atoms with Crippen LogP contribution in [0.1, 0.15) is 11.3 Å². The van der Waals surface area contributed by atoms with Crippen molar-refractivity contribution in [3.8, 4) is 0 Å². The number of rotatable bonds is 5. The summed E-state index contributed by atoms with van der Waals surface area (Å²) < 4.78 is 0. The van der Waals surface area contributed by atoms with E-state index in [0.717, 1.165) is 31.7 Å². The van der Waals surface area contributed by atoms with Crippen LogP contribution in [0.15, 0.2) is 23.5 Å². The molecule has 4 N–H and O–H groups in total. The normalized spacial score (nSPS) is 21.6. The van der Waals surface area contributed by atoms with E-state index in [4.69, 9.17) is 10.9 Å². The van der Waals surface area contributed by atoms with Crippen LogP contribution in [-0.4, -0.2) is 72.1 Å². The molecule has 116 valence electrons. The third-order valence-electron chi connectivity index (χ3n) is 3.92. The smallest absolute Gasteiger partial charge is 0.189 e. The number of aromatic nitrogens is 1. The number of pyridine rings is 1. The maximum Gasteiger partial charge on any atom is 0.189 e. The van der Waals surface area contributed by atoms with Crippen LogP contribution in [-0.2, 0) is 6.54 Å². The predicted molar refractivity (Wildman–Crippen MR) is 82.4 cm³/mol. The maximum absolute atomic E-state index is 8.80. The van der Waals surface area contributed by atoms with Crippen LogP contribution in [0.25, 0.3) is 0 Å². The van der Waals surface area contributed by atoms with Crippen LogP contribution in [0.3, 0.4) is 0 Å². The molecule has 0 aliphatic carbocycles. The van der Waals surface area contributed by atoms with Crippen molar-refractivity contribution >= 4 is 5.84 Å². The number of nitrogens with two attached hydrogens (primary N) is 1. The topological polar surface area (TPSA) is 90.0 Å². The first-order valence-electron chi connectivity index (χ1n) is 7.13. The van der Waals surface area contributed by atoms with Crippen molar-refractivity contribution in [1.29, 1.82) is 0 Å². The number of amidine groups is 1. The quantitative estimate of drug-likeness (QED) is 0.294. The molecule has 1 aliphatic rings. The molecule has 0 spiro atoms. The molecule has 7 nitrogen and oxygen atoms in total. The molecule has 1 aromatic rings. The average molecular weight is 292 g/mol. The second kappa shape index (κ2) is 7.35. The van der Waals surface area contributed by atoms with Crippen LogP contribution in [0.4, 0.5) is 0 Å². The van der Waals surface area contributed by atoms with E-state index in [1.807, 2.05) is 12.1 Å². The minimum Gasteiger partial charge on any atom is -0.409 e. The fourth-order valence-electron chi connectivity index (χ4n) is 2.55. The summed E-state index contributed by atoms with van der Waals surface area (Å²) in [6, 6.07) is 4.28. The molecule has 0 amide bonds.